The van der Waals surface area contributed by atoms with Crippen LogP contribution in [-0.4, -0.2) is 24.0 Å². The molecule has 0 aliphatic carbocycles. The lowest BCUT2D eigenvalue weighted by molar-refractivity contribution is -0.122. The minimum Gasteiger partial charge on any atom is -0.497 e. The first-order chi connectivity index (χ1) is 11.1. The second kappa shape index (κ2) is 6.31. The standard InChI is InChI=1S/C16H12N2O3S2/c1-21-12-4-2-11(3-5-12)18-15(20)13(14(19)17-16(18)22)8-10-6-7-23-9-10/h2-9H,1H3,(H,17,19,22). The second-order valence-electron chi connectivity index (χ2n) is 4.71. The van der Waals surface area contributed by atoms with Gasteiger partial charge in [0.25, 0.3) is 11.8 Å². The van der Waals surface area contributed by atoms with Crippen molar-refractivity contribution in [1.82, 2.24) is 5.32 Å². The van der Waals surface area contributed by atoms with Gasteiger partial charge < -0.3 is 4.74 Å². The molecule has 0 spiro atoms. The van der Waals surface area contributed by atoms with Crippen LogP contribution in [0.4, 0.5) is 5.69 Å². The fraction of sp³-hybridized carbons (Fsp3) is 0.0625. The van der Waals surface area contributed by atoms with Crippen LogP contribution in [0, 0.1) is 0 Å². The summed E-state index contributed by atoms with van der Waals surface area (Å²) in [6, 6.07) is 8.71. The predicted molar refractivity (Wildman–Crippen MR) is 93.5 cm³/mol. The SMILES string of the molecule is COc1ccc(N2C(=O)C(=Cc3ccsc3)C(=O)NC2=S)cc1. The van der Waals surface area contributed by atoms with Crippen molar-refractivity contribution in [2.75, 3.05) is 12.0 Å². The number of rotatable bonds is 3. The summed E-state index contributed by atoms with van der Waals surface area (Å²) in [4.78, 5) is 26.1. The van der Waals surface area contributed by atoms with E-state index in [2.05, 4.69) is 5.32 Å². The van der Waals surface area contributed by atoms with E-state index in [1.54, 1.807) is 37.5 Å². The lowest BCUT2D eigenvalue weighted by Gasteiger charge is -2.28. The van der Waals surface area contributed by atoms with E-state index >= 15 is 0 Å². The number of anilines is 1. The number of carbonyl (C=O) groups excluding carboxylic acids is 2. The number of hydrogen-bond donors (Lipinski definition) is 1. The molecule has 7 heteroatoms. The molecule has 0 radical (unpaired) electrons. The molecule has 116 valence electrons. The zero-order valence-corrected chi connectivity index (χ0v) is 13.7. The number of hydrogen-bond acceptors (Lipinski definition) is 5. The molecule has 1 N–H and O–H groups in total. The van der Waals surface area contributed by atoms with Gasteiger partial charge >= 0.3 is 0 Å². The Bertz CT molecular complexity index is 795. The highest BCUT2D eigenvalue weighted by atomic mass is 32.1. The summed E-state index contributed by atoms with van der Waals surface area (Å²) in [5.74, 6) is -0.270. The number of ether oxygens (including phenoxy) is 1. The molecule has 1 aromatic carbocycles. The monoisotopic (exact) mass is 344 g/mol. The van der Waals surface area contributed by atoms with Crippen molar-refractivity contribution in [2.45, 2.75) is 0 Å². The number of thiophene rings is 1. The molecule has 0 atom stereocenters. The minimum atomic E-state index is -0.490. The molecule has 1 fully saturated rings. The highest BCUT2D eigenvalue weighted by Crippen LogP contribution is 2.24. The number of methoxy groups -OCH3 is 1. The van der Waals surface area contributed by atoms with Gasteiger partial charge in [0.1, 0.15) is 11.3 Å². The van der Waals surface area contributed by atoms with E-state index in [1.807, 2.05) is 16.8 Å². The van der Waals surface area contributed by atoms with Crippen LogP contribution < -0.4 is 15.0 Å². The maximum Gasteiger partial charge on any atom is 0.270 e. The zero-order valence-electron chi connectivity index (χ0n) is 12.1. The van der Waals surface area contributed by atoms with E-state index in [-0.39, 0.29) is 10.7 Å². The van der Waals surface area contributed by atoms with Gasteiger partial charge in [0.05, 0.1) is 12.8 Å². The minimum absolute atomic E-state index is 0.0489. The molecule has 2 amide bonds. The Kier molecular flexibility index (Phi) is 4.22. The maximum absolute atomic E-state index is 12.7. The Balaban J connectivity index is 1.98. The predicted octanol–water partition coefficient (Wildman–Crippen LogP) is 2.59. The lowest BCUT2D eigenvalue weighted by atomic mass is 10.1. The van der Waals surface area contributed by atoms with Crippen molar-refractivity contribution >= 4 is 52.2 Å². The van der Waals surface area contributed by atoms with Crippen molar-refractivity contribution in [1.29, 1.82) is 0 Å². The van der Waals surface area contributed by atoms with Crippen LogP contribution in [0.2, 0.25) is 0 Å². The summed E-state index contributed by atoms with van der Waals surface area (Å²) in [5.41, 5.74) is 1.42. The van der Waals surface area contributed by atoms with Crippen LogP contribution in [0.25, 0.3) is 6.08 Å². The van der Waals surface area contributed by atoms with E-state index in [0.29, 0.717) is 11.4 Å². The van der Waals surface area contributed by atoms with Gasteiger partial charge in [-0.3, -0.25) is 19.8 Å². The summed E-state index contributed by atoms with van der Waals surface area (Å²) in [7, 11) is 1.56. The fourth-order valence-corrected chi connectivity index (χ4v) is 3.05. The first-order valence-electron chi connectivity index (χ1n) is 6.68. The lowest BCUT2D eigenvalue weighted by Crippen LogP contribution is -2.54. The van der Waals surface area contributed by atoms with E-state index < -0.39 is 11.8 Å². The number of carbonyl (C=O) groups is 2. The first kappa shape index (κ1) is 15.4. The van der Waals surface area contributed by atoms with Crippen LogP contribution in [0.3, 0.4) is 0 Å². The molecule has 1 aliphatic rings. The van der Waals surface area contributed by atoms with Crippen LogP contribution in [0.15, 0.2) is 46.7 Å². The molecule has 0 saturated carbocycles. The van der Waals surface area contributed by atoms with Crippen LogP contribution in [-0.2, 0) is 9.59 Å². The average molecular weight is 344 g/mol. The molecule has 1 aliphatic heterocycles. The van der Waals surface area contributed by atoms with E-state index in [9.17, 15) is 9.59 Å². The molecule has 0 unspecified atom stereocenters. The van der Waals surface area contributed by atoms with Crippen LogP contribution >= 0.6 is 23.6 Å². The molecular formula is C16H12N2O3S2. The molecule has 1 aromatic heterocycles. The molecule has 2 heterocycles. The first-order valence-corrected chi connectivity index (χ1v) is 8.03. The molecule has 1 saturated heterocycles. The normalized spacial score (nSPS) is 16.7. The van der Waals surface area contributed by atoms with Gasteiger partial charge in [-0.15, -0.1) is 0 Å². The van der Waals surface area contributed by atoms with Crippen molar-refractivity contribution in [3.05, 3.63) is 52.2 Å². The van der Waals surface area contributed by atoms with E-state index in [4.69, 9.17) is 17.0 Å². The number of nitrogens with one attached hydrogen (secondary N) is 1. The highest BCUT2D eigenvalue weighted by Gasteiger charge is 2.34. The van der Waals surface area contributed by atoms with Crippen molar-refractivity contribution in [2.24, 2.45) is 0 Å². The topological polar surface area (TPSA) is 58.6 Å². The Labute approximate surface area is 142 Å². The van der Waals surface area contributed by atoms with Gasteiger partial charge in [0, 0.05) is 0 Å². The van der Waals surface area contributed by atoms with Gasteiger partial charge in [0.15, 0.2) is 5.11 Å². The van der Waals surface area contributed by atoms with Gasteiger partial charge in [-0.25, -0.2) is 0 Å². The zero-order chi connectivity index (χ0) is 16.4. The molecule has 23 heavy (non-hydrogen) atoms. The van der Waals surface area contributed by atoms with E-state index in [1.165, 1.54) is 16.2 Å². The molecule has 5 nitrogen and oxygen atoms in total. The van der Waals surface area contributed by atoms with Gasteiger partial charge in [-0.2, -0.15) is 11.3 Å². The van der Waals surface area contributed by atoms with Crippen molar-refractivity contribution in [3.8, 4) is 5.75 Å². The molecule has 0 bridgehead atoms. The number of benzene rings is 1. The fourth-order valence-electron chi connectivity index (χ4n) is 2.15. The summed E-state index contributed by atoms with van der Waals surface area (Å²) >= 11 is 6.63. The number of thiocarbonyl (C=S) groups is 1. The van der Waals surface area contributed by atoms with Gasteiger partial charge in [0.2, 0.25) is 0 Å². The third kappa shape index (κ3) is 3.01. The largest absolute Gasteiger partial charge is 0.497 e. The third-order valence-corrected chi connectivity index (χ3v) is 4.27. The Morgan fingerprint density at radius 1 is 1.22 bits per heavy atom. The summed E-state index contributed by atoms with van der Waals surface area (Å²) in [5, 5.41) is 6.35. The summed E-state index contributed by atoms with van der Waals surface area (Å²) in [6.07, 6.45) is 1.56. The van der Waals surface area contributed by atoms with E-state index in [0.717, 1.165) is 5.56 Å². The summed E-state index contributed by atoms with van der Waals surface area (Å²) in [6.45, 7) is 0. The Morgan fingerprint density at radius 3 is 2.57 bits per heavy atom. The highest BCUT2D eigenvalue weighted by molar-refractivity contribution is 7.80. The Hall–Kier alpha value is -2.51. The van der Waals surface area contributed by atoms with Crippen molar-refractivity contribution in [3.63, 3.8) is 0 Å². The molecular weight excluding hydrogens is 332 g/mol. The summed E-state index contributed by atoms with van der Waals surface area (Å²) < 4.78 is 5.10. The average Bonchev–Trinajstić information content (AvgIpc) is 3.05. The molecule has 3 rings (SSSR count). The maximum atomic E-state index is 12.7. The number of nitrogens with zero attached hydrogens (tertiary/aromatic N) is 1. The van der Waals surface area contributed by atoms with Crippen LogP contribution in [0.5, 0.6) is 5.75 Å². The second-order valence-corrected chi connectivity index (χ2v) is 5.88. The van der Waals surface area contributed by atoms with Crippen molar-refractivity contribution < 1.29 is 14.3 Å². The van der Waals surface area contributed by atoms with Gasteiger partial charge in [-0.1, -0.05) is 0 Å². The molecule has 2 aromatic rings. The quantitative estimate of drug-likeness (QED) is 0.528. The number of amides is 2. The smallest absolute Gasteiger partial charge is 0.270 e. The Morgan fingerprint density at radius 2 is 1.96 bits per heavy atom. The van der Waals surface area contributed by atoms with Crippen LogP contribution in [0.1, 0.15) is 5.56 Å². The van der Waals surface area contributed by atoms with Gasteiger partial charge in [-0.05, 0) is 64.9 Å². The third-order valence-electron chi connectivity index (χ3n) is 3.29.